The molecule has 1 aliphatic carbocycles. The van der Waals surface area contributed by atoms with Crippen LogP contribution in [0.1, 0.15) is 55.5 Å². The number of urea groups is 1. The summed E-state index contributed by atoms with van der Waals surface area (Å²) in [4.78, 5) is 27.5. The van der Waals surface area contributed by atoms with Gasteiger partial charge in [-0.1, -0.05) is 48.3 Å². The fourth-order valence-corrected chi connectivity index (χ4v) is 6.59. The number of anilines is 1. The Hall–Kier alpha value is -2.53. The number of aryl methyl sites for hydroxylation is 2. The molecule has 0 radical (unpaired) electrons. The van der Waals surface area contributed by atoms with E-state index >= 15 is 0 Å². The Bertz CT molecular complexity index is 1110. The maximum absolute atomic E-state index is 12.9. The summed E-state index contributed by atoms with van der Waals surface area (Å²) in [5.41, 5.74) is 0.996. The maximum atomic E-state index is 12.9. The molecule has 3 amide bonds. The summed E-state index contributed by atoms with van der Waals surface area (Å²) < 4.78 is 25.1. The molecule has 1 atom stereocenters. The quantitative estimate of drug-likeness (QED) is 0.595. The van der Waals surface area contributed by atoms with E-state index in [9.17, 15) is 18.0 Å². The fourth-order valence-electron chi connectivity index (χ4n) is 4.47. The number of aromatic nitrogens is 2. The Morgan fingerprint density at radius 3 is 2.53 bits per heavy atom. The maximum Gasteiger partial charge on any atom is 0.318 e. The van der Waals surface area contributed by atoms with Crippen LogP contribution in [-0.2, 0) is 21.1 Å². The zero-order valence-corrected chi connectivity index (χ0v) is 21.0. The van der Waals surface area contributed by atoms with Gasteiger partial charge >= 0.3 is 6.03 Å². The first kappa shape index (κ1) is 24.6. The lowest BCUT2D eigenvalue weighted by Gasteiger charge is -2.28. The lowest BCUT2D eigenvalue weighted by molar-refractivity contribution is -0.119. The highest BCUT2D eigenvalue weighted by Gasteiger charge is 2.35. The highest BCUT2D eigenvalue weighted by molar-refractivity contribution is 7.91. The highest BCUT2D eigenvalue weighted by atomic mass is 32.2. The predicted octanol–water partition coefficient (Wildman–Crippen LogP) is 3.31. The summed E-state index contributed by atoms with van der Waals surface area (Å²) in [5.74, 6) is -0.373. The van der Waals surface area contributed by atoms with Crippen molar-refractivity contribution < 1.29 is 18.0 Å². The molecule has 1 aromatic carbocycles. The summed E-state index contributed by atoms with van der Waals surface area (Å²) in [5, 5.41) is 14.7. The van der Waals surface area contributed by atoms with Gasteiger partial charge in [-0.25, -0.2) is 13.2 Å². The van der Waals surface area contributed by atoms with E-state index in [1.807, 2.05) is 6.92 Å². The summed E-state index contributed by atoms with van der Waals surface area (Å²) in [6.07, 6.45) is 7.03. The lowest BCUT2D eigenvalue weighted by atomic mass is 9.96. The third-order valence-electron chi connectivity index (χ3n) is 6.41. The number of amides is 3. The molecule has 2 fully saturated rings. The van der Waals surface area contributed by atoms with E-state index in [1.54, 1.807) is 29.2 Å². The molecule has 4 rings (SSSR count). The van der Waals surface area contributed by atoms with Gasteiger partial charge in [-0.3, -0.25) is 10.1 Å². The van der Waals surface area contributed by atoms with E-state index in [2.05, 4.69) is 20.8 Å². The molecule has 1 saturated heterocycles. The minimum Gasteiger partial charge on any atom is -0.335 e. The number of sulfone groups is 1. The Balaban J connectivity index is 1.30. The van der Waals surface area contributed by atoms with Crippen molar-refractivity contribution in [3.05, 3.63) is 34.8 Å². The number of carbonyl (C=O) groups excluding carboxylic acids is 2. The fraction of sp³-hybridized carbons (Fsp3) is 0.565. The van der Waals surface area contributed by atoms with Gasteiger partial charge in [0.1, 0.15) is 11.0 Å². The van der Waals surface area contributed by atoms with Crippen LogP contribution >= 0.6 is 11.3 Å². The van der Waals surface area contributed by atoms with Crippen LogP contribution in [0.5, 0.6) is 0 Å². The van der Waals surface area contributed by atoms with E-state index in [4.69, 9.17) is 0 Å². The molecule has 34 heavy (non-hydrogen) atoms. The van der Waals surface area contributed by atoms with E-state index in [0.29, 0.717) is 23.1 Å². The van der Waals surface area contributed by atoms with Crippen molar-refractivity contribution in [2.45, 2.75) is 75.3 Å². The Kier molecular flexibility index (Phi) is 7.82. The number of likely N-dealkylation sites (tertiary alicyclic amines) is 1. The van der Waals surface area contributed by atoms with Crippen molar-refractivity contribution in [1.29, 1.82) is 0 Å². The van der Waals surface area contributed by atoms with E-state index < -0.39 is 15.9 Å². The van der Waals surface area contributed by atoms with Crippen molar-refractivity contribution in [2.24, 2.45) is 0 Å². The monoisotopic (exact) mass is 505 g/mol. The molecule has 2 heterocycles. The van der Waals surface area contributed by atoms with Crippen LogP contribution in [0.2, 0.25) is 0 Å². The summed E-state index contributed by atoms with van der Waals surface area (Å²) in [7, 11) is -3.43. The van der Waals surface area contributed by atoms with Gasteiger partial charge in [0.25, 0.3) is 0 Å². The second-order valence-electron chi connectivity index (χ2n) is 9.01. The van der Waals surface area contributed by atoms with E-state index in [1.165, 1.54) is 6.42 Å². The average molecular weight is 506 g/mol. The molecule has 1 saturated carbocycles. The molecular weight excluding hydrogens is 474 g/mol. The average Bonchev–Trinajstić information content (AvgIpc) is 3.49. The third-order valence-corrected chi connectivity index (χ3v) is 9.04. The molecule has 0 spiro atoms. The Morgan fingerprint density at radius 1 is 1.06 bits per heavy atom. The zero-order valence-electron chi connectivity index (χ0n) is 19.3. The highest BCUT2D eigenvalue weighted by Crippen LogP contribution is 2.23. The Labute approximate surface area is 204 Å². The zero-order chi connectivity index (χ0) is 24.1. The van der Waals surface area contributed by atoms with Crippen LogP contribution < -0.4 is 10.6 Å². The molecule has 11 heteroatoms. The number of hydrogen-bond acceptors (Lipinski definition) is 7. The largest absolute Gasteiger partial charge is 0.335 e. The summed E-state index contributed by atoms with van der Waals surface area (Å²) in [6, 6.07) is 6.22. The number of hydrogen-bond donors (Lipinski definition) is 2. The summed E-state index contributed by atoms with van der Waals surface area (Å²) in [6.45, 7) is 2.45. The van der Waals surface area contributed by atoms with Crippen LogP contribution in [0.25, 0.3) is 0 Å². The molecule has 9 nitrogen and oxygen atoms in total. The molecule has 0 bridgehead atoms. The van der Waals surface area contributed by atoms with Crippen molar-refractivity contribution in [2.75, 3.05) is 17.6 Å². The van der Waals surface area contributed by atoms with Crippen molar-refractivity contribution in [3.8, 4) is 0 Å². The Morgan fingerprint density at radius 2 is 1.79 bits per heavy atom. The third kappa shape index (κ3) is 6.12. The molecule has 2 aliphatic rings. The number of rotatable bonds is 7. The van der Waals surface area contributed by atoms with Crippen LogP contribution in [-0.4, -0.2) is 59.8 Å². The molecule has 184 valence electrons. The van der Waals surface area contributed by atoms with Gasteiger partial charge in [0.2, 0.25) is 11.0 Å². The number of benzene rings is 1. The first-order valence-electron chi connectivity index (χ1n) is 11.8. The number of nitrogens with zero attached hydrogens (tertiary/aromatic N) is 3. The molecule has 1 unspecified atom stereocenters. The topological polar surface area (TPSA) is 121 Å². The first-order valence-corrected chi connectivity index (χ1v) is 14.3. The van der Waals surface area contributed by atoms with Crippen molar-refractivity contribution >= 4 is 38.2 Å². The van der Waals surface area contributed by atoms with E-state index in [0.717, 1.165) is 49.0 Å². The van der Waals surface area contributed by atoms with Crippen LogP contribution in [0.3, 0.4) is 0 Å². The molecule has 1 aliphatic heterocycles. The van der Waals surface area contributed by atoms with Crippen LogP contribution in [0.4, 0.5) is 9.93 Å². The van der Waals surface area contributed by atoms with Crippen LogP contribution in [0.15, 0.2) is 29.2 Å². The smallest absolute Gasteiger partial charge is 0.318 e. The van der Waals surface area contributed by atoms with Crippen LogP contribution in [0, 0.1) is 6.92 Å². The first-order chi connectivity index (χ1) is 16.3. The summed E-state index contributed by atoms with van der Waals surface area (Å²) >= 11 is 1.16. The van der Waals surface area contributed by atoms with Gasteiger partial charge in [0, 0.05) is 19.0 Å². The van der Waals surface area contributed by atoms with Gasteiger partial charge in [-0.05, 0) is 44.7 Å². The molecule has 2 aromatic rings. The molecular formula is C23H31N5O4S2. The SMILES string of the molecule is Cc1ccc(S(=O)(=O)CCc2nnc(NC(=O)C3CCCN3C(=O)NC3CCCCC3)s2)cc1. The number of nitrogens with one attached hydrogen (secondary N) is 2. The minimum atomic E-state index is -3.43. The van der Waals surface area contributed by atoms with Gasteiger partial charge in [0.15, 0.2) is 9.84 Å². The minimum absolute atomic E-state index is 0.0869. The van der Waals surface area contributed by atoms with Gasteiger partial charge in [-0.2, -0.15) is 0 Å². The lowest BCUT2D eigenvalue weighted by Crippen LogP contribution is -2.50. The number of carbonyl (C=O) groups is 2. The van der Waals surface area contributed by atoms with Crippen molar-refractivity contribution in [1.82, 2.24) is 20.4 Å². The van der Waals surface area contributed by atoms with Gasteiger partial charge in [-0.15, -0.1) is 10.2 Å². The molecule has 1 aromatic heterocycles. The van der Waals surface area contributed by atoms with Gasteiger partial charge < -0.3 is 10.2 Å². The van der Waals surface area contributed by atoms with E-state index in [-0.39, 0.29) is 35.0 Å². The second-order valence-corrected chi connectivity index (χ2v) is 12.2. The van der Waals surface area contributed by atoms with Gasteiger partial charge in [0.05, 0.1) is 10.6 Å². The standard InChI is InChI=1S/C23H31N5O4S2/c1-16-9-11-18(12-10-16)34(31,32)15-13-20-26-27-22(33-20)25-21(29)19-8-5-14-28(19)23(30)24-17-6-3-2-4-7-17/h9-12,17,19H,2-8,13-15H2,1H3,(H,24,30)(H,25,27,29). The predicted molar refractivity (Wildman–Crippen MR) is 131 cm³/mol. The van der Waals surface area contributed by atoms with Crippen molar-refractivity contribution in [3.63, 3.8) is 0 Å². The molecule has 2 N–H and O–H groups in total. The second kappa shape index (κ2) is 10.8. The normalized spacial score (nSPS) is 19.2.